The van der Waals surface area contributed by atoms with E-state index in [4.69, 9.17) is 11.6 Å². The van der Waals surface area contributed by atoms with Crippen LogP contribution in [0.25, 0.3) is 6.08 Å². The summed E-state index contributed by atoms with van der Waals surface area (Å²) >= 11 is 6.94. The third-order valence-corrected chi connectivity index (χ3v) is 5.87. The highest BCUT2D eigenvalue weighted by Gasteiger charge is 2.34. The molecule has 0 aliphatic carbocycles. The quantitative estimate of drug-likeness (QED) is 0.602. The number of hydrogen-bond donors (Lipinski definition) is 2. The Morgan fingerprint density at radius 3 is 2.44 bits per heavy atom. The fraction of sp³-hybridized carbons (Fsp3) is 0.217. The number of rotatable bonds is 7. The molecule has 0 bridgehead atoms. The molecule has 0 spiro atoms. The van der Waals surface area contributed by atoms with Crippen LogP contribution in [0.3, 0.4) is 0 Å². The molecule has 7 nitrogen and oxygen atoms in total. The molecule has 3 rings (SSSR count). The second-order valence-corrected chi connectivity index (χ2v) is 8.66. The van der Waals surface area contributed by atoms with Crippen LogP contribution in [0.5, 0.6) is 0 Å². The van der Waals surface area contributed by atoms with Gasteiger partial charge in [-0.05, 0) is 55.4 Å². The average molecular weight is 472 g/mol. The van der Waals surface area contributed by atoms with Crippen molar-refractivity contribution < 1.29 is 19.2 Å². The molecule has 32 heavy (non-hydrogen) atoms. The fourth-order valence-electron chi connectivity index (χ4n) is 3.16. The lowest BCUT2D eigenvalue weighted by molar-refractivity contribution is -0.124. The van der Waals surface area contributed by atoms with Crippen molar-refractivity contribution in [3.05, 3.63) is 74.6 Å². The van der Waals surface area contributed by atoms with E-state index in [1.165, 1.54) is 0 Å². The Kier molecular flexibility index (Phi) is 7.71. The molecule has 2 aromatic carbocycles. The molecule has 4 amide bonds. The van der Waals surface area contributed by atoms with Gasteiger partial charge >= 0.3 is 0 Å². The van der Waals surface area contributed by atoms with Crippen LogP contribution in [0.2, 0.25) is 5.02 Å². The maximum Gasteiger partial charge on any atom is 0.293 e. The van der Waals surface area contributed by atoms with Crippen LogP contribution in [0.4, 0.5) is 4.79 Å². The first-order valence-corrected chi connectivity index (χ1v) is 11.1. The topological polar surface area (TPSA) is 95.6 Å². The van der Waals surface area contributed by atoms with E-state index in [9.17, 15) is 19.2 Å². The number of nitrogens with one attached hydrogen (secondary N) is 2. The largest absolute Gasteiger partial charge is 0.353 e. The molecule has 9 heteroatoms. The summed E-state index contributed by atoms with van der Waals surface area (Å²) < 4.78 is 0. The van der Waals surface area contributed by atoms with Gasteiger partial charge in [-0.1, -0.05) is 47.0 Å². The van der Waals surface area contributed by atoms with E-state index in [1.54, 1.807) is 42.5 Å². The van der Waals surface area contributed by atoms with Gasteiger partial charge in [-0.25, -0.2) is 0 Å². The second-order valence-electron chi connectivity index (χ2n) is 7.26. The Labute approximate surface area is 195 Å². The van der Waals surface area contributed by atoms with Crippen LogP contribution in [0.15, 0.2) is 47.4 Å². The van der Waals surface area contributed by atoms with Gasteiger partial charge in [0.25, 0.3) is 17.1 Å². The SMILES string of the molecule is Cc1cc(C)cc(C(=O)NCC(=O)NCCN2C(=O)SC(=Cc3ccccc3Cl)C2=O)c1. The van der Waals surface area contributed by atoms with Crippen molar-refractivity contribution in [2.75, 3.05) is 19.6 Å². The summed E-state index contributed by atoms with van der Waals surface area (Å²) in [6.07, 6.45) is 1.58. The highest BCUT2D eigenvalue weighted by atomic mass is 35.5. The van der Waals surface area contributed by atoms with Crippen molar-refractivity contribution >= 4 is 52.4 Å². The van der Waals surface area contributed by atoms with E-state index in [0.717, 1.165) is 27.8 Å². The van der Waals surface area contributed by atoms with Crippen molar-refractivity contribution in [3.63, 3.8) is 0 Å². The summed E-state index contributed by atoms with van der Waals surface area (Å²) in [7, 11) is 0. The number of aryl methyl sites for hydroxylation is 2. The molecular weight excluding hydrogens is 450 g/mol. The van der Waals surface area contributed by atoms with Gasteiger partial charge < -0.3 is 10.6 Å². The number of carbonyl (C=O) groups is 4. The van der Waals surface area contributed by atoms with Crippen molar-refractivity contribution in [2.45, 2.75) is 13.8 Å². The molecule has 0 radical (unpaired) electrons. The Morgan fingerprint density at radius 1 is 1.06 bits per heavy atom. The molecule has 1 saturated heterocycles. The Morgan fingerprint density at radius 2 is 1.75 bits per heavy atom. The van der Waals surface area contributed by atoms with Crippen LogP contribution >= 0.6 is 23.4 Å². The highest BCUT2D eigenvalue weighted by molar-refractivity contribution is 8.18. The maximum absolute atomic E-state index is 12.5. The van der Waals surface area contributed by atoms with Crippen molar-refractivity contribution in [1.29, 1.82) is 0 Å². The molecule has 0 atom stereocenters. The Bertz CT molecular complexity index is 1100. The standard InChI is InChI=1S/C23H22ClN3O4S/c1-14-9-15(2)11-17(10-14)21(29)26-13-20(28)25-7-8-27-22(30)19(32-23(27)31)12-16-5-3-4-6-18(16)24/h3-6,9-12H,7-8,13H2,1-2H3,(H,25,28)(H,26,29). The zero-order valence-electron chi connectivity index (χ0n) is 17.6. The van der Waals surface area contributed by atoms with Gasteiger partial charge in [0.05, 0.1) is 11.4 Å². The van der Waals surface area contributed by atoms with Gasteiger partial charge in [-0.3, -0.25) is 24.1 Å². The van der Waals surface area contributed by atoms with Crippen molar-refractivity contribution in [1.82, 2.24) is 15.5 Å². The van der Waals surface area contributed by atoms with Gasteiger partial charge in [-0.2, -0.15) is 0 Å². The lowest BCUT2D eigenvalue weighted by Gasteiger charge is -2.13. The number of hydrogen-bond acceptors (Lipinski definition) is 5. The minimum atomic E-state index is -0.433. The number of halogens is 1. The lowest BCUT2D eigenvalue weighted by Crippen LogP contribution is -2.41. The molecule has 0 saturated carbocycles. The number of carbonyl (C=O) groups excluding carboxylic acids is 4. The molecule has 2 N–H and O–H groups in total. The number of imide groups is 1. The van der Waals surface area contributed by atoms with E-state index >= 15 is 0 Å². The first-order valence-electron chi connectivity index (χ1n) is 9.87. The molecule has 2 aromatic rings. The van der Waals surface area contributed by atoms with Gasteiger partial charge in [0.2, 0.25) is 5.91 Å². The van der Waals surface area contributed by atoms with Crippen LogP contribution in [-0.2, 0) is 9.59 Å². The molecule has 166 valence electrons. The minimum absolute atomic E-state index is 0.0291. The third-order valence-electron chi connectivity index (χ3n) is 4.62. The third kappa shape index (κ3) is 5.99. The van der Waals surface area contributed by atoms with Crippen LogP contribution in [0, 0.1) is 13.8 Å². The summed E-state index contributed by atoms with van der Waals surface area (Å²) in [6, 6.07) is 12.5. The first-order chi connectivity index (χ1) is 15.2. The summed E-state index contributed by atoms with van der Waals surface area (Å²) in [6.45, 7) is 3.69. The monoisotopic (exact) mass is 471 g/mol. The van der Waals surface area contributed by atoms with Gasteiger partial charge in [0, 0.05) is 23.7 Å². The van der Waals surface area contributed by atoms with Crippen molar-refractivity contribution in [2.24, 2.45) is 0 Å². The van der Waals surface area contributed by atoms with E-state index in [-0.39, 0.29) is 30.4 Å². The average Bonchev–Trinajstić information content (AvgIpc) is 3.00. The smallest absolute Gasteiger partial charge is 0.293 e. The number of nitrogens with zero attached hydrogens (tertiary/aromatic N) is 1. The zero-order chi connectivity index (χ0) is 23.3. The molecular formula is C23H22ClN3O4S. The van der Waals surface area contributed by atoms with Crippen LogP contribution < -0.4 is 10.6 Å². The number of benzene rings is 2. The normalized spacial score (nSPS) is 14.7. The molecule has 0 aromatic heterocycles. The predicted octanol–water partition coefficient (Wildman–Crippen LogP) is 3.54. The fourth-order valence-corrected chi connectivity index (χ4v) is 4.21. The molecule has 1 heterocycles. The van der Waals surface area contributed by atoms with Gasteiger partial charge in [0.15, 0.2) is 0 Å². The number of amides is 4. The molecule has 0 unspecified atom stereocenters. The molecule has 1 fully saturated rings. The maximum atomic E-state index is 12.5. The van der Waals surface area contributed by atoms with E-state index < -0.39 is 17.1 Å². The summed E-state index contributed by atoms with van der Waals surface area (Å²) in [5.74, 6) is -1.19. The van der Waals surface area contributed by atoms with E-state index in [1.807, 2.05) is 19.9 Å². The van der Waals surface area contributed by atoms with Crippen LogP contribution in [-0.4, -0.2) is 47.5 Å². The number of thioether (sulfide) groups is 1. The van der Waals surface area contributed by atoms with Gasteiger partial charge in [0.1, 0.15) is 0 Å². The van der Waals surface area contributed by atoms with E-state index in [0.29, 0.717) is 16.1 Å². The zero-order valence-corrected chi connectivity index (χ0v) is 19.2. The predicted molar refractivity (Wildman–Crippen MR) is 125 cm³/mol. The van der Waals surface area contributed by atoms with Crippen LogP contribution in [0.1, 0.15) is 27.0 Å². The summed E-state index contributed by atoms with van der Waals surface area (Å²) in [5, 5.41) is 5.24. The lowest BCUT2D eigenvalue weighted by atomic mass is 10.1. The Hall–Kier alpha value is -3.10. The van der Waals surface area contributed by atoms with E-state index in [2.05, 4.69) is 10.6 Å². The highest BCUT2D eigenvalue weighted by Crippen LogP contribution is 2.33. The first kappa shape index (κ1) is 23.6. The Balaban J connectivity index is 1.48. The molecule has 1 aliphatic rings. The van der Waals surface area contributed by atoms with Crippen molar-refractivity contribution in [3.8, 4) is 0 Å². The van der Waals surface area contributed by atoms with Gasteiger partial charge in [-0.15, -0.1) is 0 Å². The second kappa shape index (κ2) is 10.5. The summed E-state index contributed by atoms with van der Waals surface area (Å²) in [4.78, 5) is 50.4. The minimum Gasteiger partial charge on any atom is -0.353 e. The molecule has 1 aliphatic heterocycles. The summed E-state index contributed by atoms with van der Waals surface area (Å²) in [5.41, 5.74) is 3.05.